The molecule has 4 aromatic rings. The van der Waals surface area contributed by atoms with Gasteiger partial charge in [-0.15, -0.1) is 0 Å². The van der Waals surface area contributed by atoms with E-state index in [0.29, 0.717) is 0 Å². The summed E-state index contributed by atoms with van der Waals surface area (Å²) in [5.41, 5.74) is -0.713. The topological polar surface area (TPSA) is 241 Å². The number of carbonyl (C=O) groups is 4. The Hall–Kier alpha value is -5.12. The number of benzene rings is 4. The van der Waals surface area contributed by atoms with Crippen molar-refractivity contribution < 1.29 is 60.0 Å². The van der Waals surface area contributed by atoms with E-state index in [0.717, 1.165) is 0 Å². The second-order valence-electron chi connectivity index (χ2n) is 7.21. The maximum absolute atomic E-state index is 10.6. The molecule has 0 saturated carbocycles. The van der Waals surface area contributed by atoms with Crippen LogP contribution in [0, 0.1) is 0 Å². The first-order valence-electron chi connectivity index (χ1n) is 10.8. The maximum atomic E-state index is 10.6. The van der Waals surface area contributed by atoms with Gasteiger partial charge in [0, 0.05) is 27.3 Å². The molecule has 0 bridgehead atoms. The van der Waals surface area contributed by atoms with Crippen LogP contribution in [0.5, 0.6) is 23.0 Å². The average molecular weight is 756 g/mol. The van der Waals surface area contributed by atoms with Crippen molar-refractivity contribution in [2.24, 2.45) is 0 Å². The molecule has 0 aliphatic rings. The number of carbonyl (C=O) groups excluding carboxylic acids is 2. The van der Waals surface area contributed by atoms with Crippen LogP contribution in [0.25, 0.3) is 0 Å². The summed E-state index contributed by atoms with van der Waals surface area (Å²) in [6, 6.07) is 22.4. The van der Waals surface area contributed by atoms with Crippen LogP contribution in [0.3, 0.4) is 0 Å². The quantitative estimate of drug-likeness (QED) is 0.202. The normalized spacial score (nSPS) is 8.98. The molecule has 0 heterocycles. The van der Waals surface area contributed by atoms with Crippen molar-refractivity contribution in [2.75, 3.05) is 0 Å². The van der Waals surface area contributed by atoms with Gasteiger partial charge in [0.2, 0.25) is 0 Å². The summed E-state index contributed by atoms with van der Waals surface area (Å²) in [6.45, 7) is 0. The molecule has 0 aromatic heterocycles. The predicted octanol–water partition coefficient (Wildman–Crippen LogP) is 0.0474. The molecule has 41 heavy (non-hydrogen) atoms. The number of aromatic hydroxyl groups is 2. The molecule has 4 rings (SSSR count). The minimum absolute atomic E-state index is 0. The van der Waals surface area contributed by atoms with Gasteiger partial charge in [-0.3, -0.25) is 0 Å². The van der Waals surface area contributed by atoms with Crippen molar-refractivity contribution in [3.05, 3.63) is 119 Å². The van der Waals surface area contributed by atoms with Crippen molar-refractivity contribution >= 4 is 51.2 Å². The van der Waals surface area contributed by atoms with Crippen LogP contribution < -0.4 is 20.4 Å². The summed E-state index contributed by atoms with van der Waals surface area (Å²) in [6.07, 6.45) is 0. The molecular weight excluding hydrogens is 735 g/mol. The Morgan fingerprint density at radius 3 is 0.878 bits per heavy atom. The molecule has 4 radical (unpaired) electrons. The molecule has 4 N–H and O–H groups in total. The molecule has 0 atom stereocenters. The van der Waals surface area contributed by atoms with Gasteiger partial charge in [0.05, 0.1) is 11.9 Å². The molecule has 0 amide bonds. The summed E-state index contributed by atoms with van der Waals surface area (Å²) < 4.78 is 0. The second kappa shape index (κ2) is 18.2. The van der Waals surface area contributed by atoms with Gasteiger partial charge in [-0.05, 0) is 35.4 Å². The number of hydrogen-bond acceptors (Lipinski definition) is 10. The van der Waals surface area contributed by atoms with E-state index in [2.05, 4.69) is 0 Å². The van der Waals surface area contributed by atoms with Crippen molar-refractivity contribution in [1.82, 2.24) is 0 Å². The van der Waals surface area contributed by atoms with E-state index in [9.17, 15) is 39.6 Å². The van der Waals surface area contributed by atoms with Gasteiger partial charge in [0.1, 0.15) is 22.6 Å². The molecule has 0 aliphatic carbocycles. The van der Waals surface area contributed by atoms with Crippen molar-refractivity contribution in [3.63, 3.8) is 0 Å². The standard InChI is InChI=1S/4C7H6O3.Pb/c4*8-6-4-2-1-3-5(6)7(9)10;/h4*1-4,8H,(H,9,10);/p-4. The van der Waals surface area contributed by atoms with Crippen molar-refractivity contribution in [1.29, 1.82) is 0 Å². The van der Waals surface area contributed by atoms with Crippen molar-refractivity contribution in [3.8, 4) is 23.0 Å². The number of carboxylic acids is 4. The van der Waals surface area contributed by atoms with Crippen LogP contribution in [0.2, 0.25) is 0 Å². The monoisotopic (exact) mass is 756 g/mol. The summed E-state index contributed by atoms with van der Waals surface area (Å²) in [5.74, 6) is -6.50. The van der Waals surface area contributed by atoms with E-state index in [1.165, 1.54) is 72.8 Å². The maximum Gasteiger partial charge on any atom is 0.339 e. The van der Waals surface area contributed by atoms with Gasteiger partial charge in [0.15, 0.2) is 0 Å². The number of rotatable bonds is 4. The summed E-state index contributed by atoms with van der Waals surface area (Å²) >= 11 is 0. The summed E-state index contributed by atoms with van der Waals surface area (Å²) in [7, 11) is 0. The average Bonchev–Trinajstić information content (AvgIpc) is 2.90. The predicted molar refractivity (Wildman–Crippen MR) is 136 cm³/mol. The number of phenols is 2. The van der Waals surface area contributed by atoms with E-state index in [-0.39, 0.29) is 61.1 Å². The molecule has 0 spiro atoms. The fourth-order valence-corrected chi connectivity index (χ4v) is 2.58. The van der Waals surface area contributed by atoms with Gasteiger partial charge in [-0.25, -0.2) is 9.59 Å². The number of para-hydroxylation sites is 4. The molecular formula is C28H20O12Pb-4. The first-order valence-corrected chi connectivity index (χ1v) is 10.8. The van der Waals surface area contributed by atoms with E-state index in [1.807, 2.05) is 0 Å². The van der Waals surface area contributed by atoms with Gasteiger partial charge in [-0.2, -0.15) is 0 Å². The summed E-state index contributed by atoms with van der Waals surface area (Å²) in [5, 5.41) is 76.1. The number of carboxylic acid groups (broad SMARTS) is 4. The van der Waals surface area contributed by atoms with E-state index >= 15 is 0 Å². The van der Waals surface area contributed by atoms with E-state index in [4.69, 9.17) is 20.4 Å². The summed E-state index contributed by atoms with van der Waals surface area (Å²) in [4.78, 5) is 40.7. The van der Waals surface area contributed by atoms with Gasteiger partial charge >= 0.3 is 11.9 Å². The molecule has 0 unspecified atom stereocenters. The van der Waals surface area contributed by atoms with Crippen LogP contribution in [-0.2, 0) is 0 Å². The molecule has 0 saturated heterocycles. The first kappa shape index (κ1) is 35.9. The Kier molecular flexibility index (Phi) is 15.9. The number of aromatic carboxylic acids is 4. The zero-order valence-corrected chi connectivity index (χ0v) is 24.7. The molecule has 13 heteroatoms. The fourth-order valence-electron chi connectivity index (χ4n) is 2.58. The minimum Gasteiger partial charge on any atom is -0.872 e. The van der Waals surface area contributed by atoms with E-state index in [1.54, 1.807) is 24.3 Å². The van der Waals surface area contributed by atoms with Crippen LogP contribution in [0.1, 0.15) is 41.4 Å². The van der Waals surface area contributed by atoms with Crippen LogP contribution in [0.4, 0.5) is 0 Å². The zero-order chi connectivity index (χ0) is 30.2. The van der Waals surface area contributed by atoms with Gasteiger partial charge in [0.25, 0.3) is 0 Å². The van der Waals surface area contributed by atoms with Crippen LogP contribution in [-0.4, -0.2) is 71.6 Å². The van der Waals surface area contributed by atoms with Gasteiger partial charge in [-0.1, -0.05) is 84.3 Å². The van der Waals surface area contributed by atoms with Crippen molar-refractivity contribution in [2.45, 2.75) is 0 Å². The van der Waals surface area contributed by atoms with Gasteiger partial charge < -0.3 is 50.4 Å². The molecule has 4 aromatic carbocycles. The zero-order valence-electron chi connectivity index (χ0n) is 20.8. The minimum atomic E-state index is -1.43. The Balaban J connectivity index is 0.000000516. The van der Waals surface area contributed by atoms with E-state index < -0.39 is 35.4 Å². The Morgan fingerprint density at radius 1 is 0.463 bits per heavy atom. The third-order valence-corrected chi connectivity index (χ3v) is 4.48. The third kappa shape index (κ3) is 12.5. The molecule has 0 aliphatic heterocycles. The SMILES string of the molecule is O=C(O)c1ccccc1O.O=C(O)c1ccccc1O.O=C([O-])c1ccccc1[O-].O=C([O-])c1ccccc1[O-].[Pb]. The van der Waals surface area contributed by atoms with Crippen LogP contribution >= 0.6 is 0 Å². The second-order valence-corrected chi connectivity index (χ2v) is 7.21. The smallest absolute Gasteiger partial charge is 0.339 e. The Labute approximate surface area is 252 Å². The molecule has 12 nitrogen and oxygen atoms in total. The Morgan fingerprint density at radius 2 is 0.707 bits per heavy atom. The number of hydrogen-bond donors (Lipinski definition) is 4. The Bertz CT molecular complexity index is 1250. The largest absolute Gasteiger partial charge is 0.872 e. The van der Waals surface area contributed by atoms with Crippen LogP contribution in [0.15, 0.2) is 97.1 Å². The fraction of sp³-hybridized carbons (Fsp3) is 0. The third-order valence-electron chi connectivity index (χ3n) is 4.48. The first-order chi connectivity index (χ1) is 18.9. The molecule has 212 valence electrons. The molecule has 0 fully saturated rings.